The topological polar surface area (TPSA) is 21.7 Å². The molecule has 0 N–H and O–H groups in total. The second-order valence-corrected chi connectivity index (χ2v) is 16.9. The van der Waals surface area contributed by atoms with Crippen LogP contribution in [0.2, 0.25) is 0 Å². The summed E-state index contributed by atoms with van der Waals surface area (Å²) in [6, 6.07) is 9.99. The van der Waals surface area contributed by atoms with Crippen LogP contribution < -0.4 is 4.74 Å². The summed E-state index contributed by atoms with van der Waals surface area (Å²) in [5.41, 5.74) is 8.69. The summed E-state index contributed by atoms with van der Waals surface area (Å²) >= 11 is 0. The first-order chi connectivity index (χ1) is 25.8. The van der Waals surface area contributed by atoms with Gasteiger partial charge in [-0.25, -0.2) is 0 Å². The minimum absolute atomic E-state index is 0.0450. The number of allylic oxidation sites excluding steroid dienone is 13. The zero-order chi connectivity index (χ0) is 34.2. The summed E-state index contributed by atoms with van der Waals surface area (Å²) in [5.74, 6) is 2.92. The molecule has 1 spiro atoms. The van der Waals surface area contributed by atoms with Crippen molar-refractivity contribution in [2.45, 2.75) is 100 Å². The van der Waals surface area contributed by atoms with Crippen molar-refractivity contribution in [3.8, 4) is 5.75 Å². The number of ether oxygens (including phenoxy) is 2. The maximum Gasteiger partial charge on any atom is 0.131 e. The van der Waals surface area contributed by atoms with E-state index in [4.69, 9.17) is 9.47 Å². The van der Waals surface area contributed by atoms with Gasteiger partial charge in [-0.3, -0.25) is 0 Å². The van der Waals surface area contributed by atoms with E-state index in [1.807, 2.05) is 0 Å². The van der Waals surface area contributed by atoms with Crippen molar-refractivity contribution in [3.63, 3.8) is 0 Å². The number of rotatable bonds is 3. The Bertz CT molecular complexity index is 1990. The smallest absolute Gasteiger partial charge is 0.131 e. The molecule has 1 fully saturated rings. The van der Waals surface area contributed by atoms with Crippen LogP contribution in [0, 0.1) is 29.6 Å². The molecular formula is C49H51NO2. The van der Waals surface area contributed by atoms with E-state index in [1.54, 1.807) is 11.3 Å². The van der Waals surface area contributed by atoms with Crippen LogP contribution in [-0.4, -0.2) is 35.3 Å². The predicted molar refractivity (Wildman–Crippen MR) is 209 cm³/mol. The number of nitrogens with zero attached hydrogens (tertiary/aromatic N) is 1. The second kappa shape index (κ2) is 12.5. The minimum Gasteiger partial charge on any atom is -0.485 e. The van der Waals surface area contributed by atoms with Crippen molar-refractivity contribution in [1.82, 2.24) is 4.90 Å². The molecule has 11 atom stereocenters. The van der Waals surface area contributed by atoms with Gasteiger partial charge in [-0.15, -0.1) is 0 Å². The van der Waals surface area contributed by atoms with E-state index in [0.29, 0.717) is 35.8 Å². The molecule has 1 saturated heterocycles. The molecule has 264 valence electrons. The van der Waals surface area contributed by atoms with Gasteiger partial charge in [0, 0.05) is 46.4 Å². The van der Waals surface area contributed by atoms with Gasteiger partial charge in [-0.2, -0.15) is 0 Å². The SMILES string of the molecule is C1=CCC(C2=CCCC3C2OC2C=CCCC2C32c3ccccc3OC3C(C4=CC5C(C=C4)C4=C(CCC=C4)N5C4C=CCCC4)=CC=CC32)C=C1. The summed E-state index contributed by atoms with van der Waals surface area (Å²) in [4.78, 5) is 2.82. The molecule has 3 nitrogen and oxygen atoms in total. The van der Waals surface area contributed by atoms with Crippen LogP contribution in [0.25, 0.3) is 0 Å². The van der Waals surface area contributed by atoms with Crippen molar-refractivity contribution < 1.29 is 9.47 Å². The highest BCUT2D eigenvalue weighted by atomic mass is 16.5. The molecule has 7 aliphatic carbocycles. The zero-order valence-electron chi connectivity index (χ0n) is 30.2. The Labute approximate surface area is 309 Å². The predicted octanol–water partition coefficient (Wildman–Crippen LogP) is 10.5. The molecule has 11 rings (SSSR count). The van der Waals surface area contributed by atoms with Gasteiger partial charge in [-0.1, -0.05) is 121 Å². The highest BCUT2D eigenvalue weighted by Gasteiger charge is 2.65. The van der Waals surface area contributed by atoms with E-state index < -0.39 is 0 Å². The van der Waals surface area contributed by atoms with Gasteiger partial charge in [0.1, 0.15) is 11.9 Å². The lowest BCUT2D eigenvalue weighted by Crippen LogP contribution is -2.66. The molecule has 0 amide bonds. The van der Waals surface area contributed by atoms with Crippen LogP contribution in [0.5, 0.6) is 5.75 Å². The molecule has 10 aliphatic rings. The number of hydrogen-bond acceptors (Lipinski definition) is 3. The Morgan fingerprint density at radius 1 is 0.769 bits per heavy atom. The molecule has 0 saturated carbocycles. The average molecular weight is 686 g/mol. The highest BCUT2D eigenvalue weighted by Crippen LogP contribution is 2.65. The second-order valence-electron chi connectivity index (χ2n) is 16.9. The maximum atomic E-state index is 7.35. The molecule has 0 aromatic heterocycles. The van der Waals surface area contributed by atoms with Crippen LogP contribution in [0.1, 0.15) is 69.8 Å². The molecule has 3 heterocycles. The van der Waals surface area contributed by atoms with E-state index in [1.165, 1.54) is 41.5 Å². The van der Waals surface area contributed by atoms with E-state index in [-0.39, 0.29) is 29.6 Å². The molecular weight excluding hydrogens is 635 g/mol. The first-order valence-electron chi connectivity index (χ1n) is 20.6. The number of fused-ring (bicyclic) bond motifs is 10. The lowest BCUT2D eigenvalue weighted by atomic mass is 9.46. The third kappa shape index (κ3) is 4.60. The Morgan fingerprint density at radius 2 is 1.71 bits per heavy atom. The summed E-state index contributed by atoms with van der Waals surface area (Å²) < 4.78 is 14.7. The highest BCUT2D eigenvalue weighted by molar-refractivity contribution is 5.58. The first-order valence-corrected chi connectivity index (χ1v) is 20.6. The normalized spacial score (nSPS) is 40.5. The van der Waals surface area contributed by atoms with E-state index in [0.717, 1.165) is 50.7 Å². The van der Waals surface area contributed by atoms with Crippen LogP contribution in [0.15, 0.2) is 156 Å². The first kappa shape index (κ1) is 31.4. The van der Waals surface area contributed by atoms with Crippen LogP contribution in [0.3, 0.4) is 0 Å². The molecule has 1 aromatic rings. The lowest BCUT2D eigenvalue weighted by molar-refractivity contribution is -0.162. The summed E-state index contributed by atoms with van der Waals surface area (Å²) in [7, 11) is 0. The Kier molecular flexibility index (Phi) is 7.57. The van der Waals surface area contributed by atoms with E-state index in [9.17, 15) is 0 Å². The van der Waals surface area contributed by atoms with Crippen molar-refractivity contribution >= 4 is 0 Å². The molecule has 3 heteroatoms. The average Bonchev–Trinajstić information content (AvgIpc) is 3.55. The standard InChI is InChI=1S/C49H51NO2/c1-3-15-32(16-4-1)35-20-13-24-41-47(35)51-45-27-11-8-22-39(45)49(41)40-23-9-12-28-46(40)52-48-36(21-14-25-42(48)49)33-29-30-38-37-19-7-10-26-43(37)50(44(38)31-33)34-17-5-2-6-18-34/h1,3-5,7,9,11-12,14-15,17,19-21,23,25,27-32,34,38-39,41-42,44-45,47-48H,2,6,8,10,13,16,18,22,24,26H2. The van der Waals surface area contributed by atoms with E-state index >= 15 is 0 Å². The van der Waals surface area contributed by atoms with Crippen molar-refractivity contribution in [1.29, 1.82) is 0 Å². The largest absolute Gasteiger partial charge is 0.485 e. The maximum absolute atomic E-state index is 7.35. The fourth-order valence-corrected chi connectivity index (χ4v) is 12.6. The van der Waals surface area contributed by atoms with Gasteiger partial charge >= 0.3 is 0 Å². The molecule has 11 unspecified atom stereocenters. The van der Waals surface area contributed by atoms with Gasteiger partial charge in [0.05, 0.1) is 18.2 Å². The fraction of sp³-hybridized carbons (Fsp3) is 0.429. The van der Waals surface area contributed by atoms with Gasteiger partial charge in [0.15, 0.2) is 0 Å². The molecule has 0 bridgehead atoms. The monoisotopic (exact) mass is 685 g/mol. The Balaban J connectivity index is 1.02. The summed E-state index contributed by atoms with van der Waals surface area (Å²) in [6.07, 6.45) is 53.1. The van der Waals surface area contributed by atoms with Crippen molar-refractivity contribution in [2.24, 2.45) is 29.6 Å². The van der Waals surface area contributed by atoms with Gasteiger partial charge in [0.2, 0.25) is 0 Å². The van der Waals surface area contributed by atoms with Gasteiger partial charge in [-0.05, 0) is 98.5 Å². The zero-order valence-corrected chi connectivity index (χ0v) is 30.2. The number of hydrogen-bond donors (Lipinski definition) is 0. The third-order valence-electron chi connectivity index (χ3n) is 14.5. The fourth-order valence-electron chi connectivity index (χ4n) is 12.6. The number of benzene rings is 1. The molecule has 52 heavy (non-hydrogen) atoms. The van der Waals surface area contributed by atoms with Crippen molar-refractivity contribution in [2.75, 3.05) is 0 Å². The summed E-state index contributed by atoms with van der Waals surface area (Å²) in [6.45, 7) is 0. The minimum atomic E-state index is -0.0964. The quantitative estimate of drug-likeness (QED) is 0.296. The molecule has 3 aliphatic heterocycles. The van der Waals surface area contributed by atoms with E-state index in [2.05, 4.69) is 132 Å². The van der Waals surface area contributed by atoms with Crippen LogP contribution in [-0.2, 0) is 10.2 Å². The Hall–Kier alpha value is -4.08. The molecule has 0 radical (unpaired) electrons. The lowest BCUT2D eigenvalue weighted by Gasteiger charge is -2.63. The third-order valence-corrected chi connectivity index (χ3v) is 14.5. The molecule has 1 aromatic carbocycles. The Morgan fingerprint density at radius 3 is 2.63 bits per heavy atom. The van der Waals surface area contributed by atoms with Crippen molar-refractivity contribution in [3.05, 3.63) is 161 Å². The van der Waals surface area contributed by atoms with Gasteiger partial charge < -0.3 is 14.4 Å². The number of para-hydroxylation sites is 1. The van der Waals surface area contributed by atoms with Crippen LogP contribution in [0.4, 0.5) is 0 Å². The van der Waals surface area contributed by atoms with Gasteiger partial charge in [0.25, 0.3) is 0 Å². The summed E-state index contributed by atoms with van der Waals surface area (Å²) in [5, 5.41) is 0. The van der Waals surface area contributed by atoms with Crippen LogP contribution >= 0.6 is 0 Å².